The summed E-state index contributed by atoms with van der Waals surface area (Å²) < 4.78 is 11.0. The minimum Gasteiger partial charge on any atom is -0.497 e. The Bertz CT molecular complexity index is 953. The Hall–Kier alpha value is -3.29. The molecule has 8 heteroatoms. The highest BCUT2D eigenvalue weighted by Crippen LogP contribution is 2.29. The molecule has 1 amide bonds. The van der Waals surface area contributed by atoms with Gasteiger partial charge in [0.15, 0.2) is 0 Å². The number of nitrogens with zero attached hydrogens (tertiary/aromatic N) is 5. The normalized spacial score (nSPS) is 16.8. The Morgan fingerprint density at radius 1 is 1.18 bits per heavy atom. The van der Waals surface area contributed by atoms with Crippen LogP contribution in [0, 0.1) is 6.92 Å². The highest BCUT2D eigenvalue weighted by molar-refractivity contribution is 5.94. The standard InChI is InChI=1S/C20H21N5O3/c1-13-21-10-16(11-22-13)19-24-23-18(28-19)15-4-3-9-25(12-15)20(26)14-5-7-17(27-2)8-6-14/h5-8,10-11,15H,3-4,9,12H2,1-2H3. The summed E-state index contributed by atoms with van der Waals surface area (Å²) in [5.41, 5.74) is 1.33. The topological polar surface area (TPSA) is 94.2 Å². The summed E-state index contributed by atoms with van der Waals surface area (Å²) in [6.07, 6.45) is 5.12. The van der Waals surface area contributed by atoms with Gasteiger partial charge < -0.3 is 14.1 Å². The lowest BCUT2D eigenvalue weighted by atomic mass is 9.97. The SMILES string of the molecule is COc1ccc(C(=O)N2CCCC(c3nnc(-c4cnc(C)nc4)o3)C2)cc1. The molecule has 1 aliphatic heterocycles. The molecule has 0 saturated carbocycles. The number of rotatable bonds is 4. The van der Waals surface area contributed by atoms with Crippen LogP contribution in [0.4, 0.5) is 0 Å². The predicted molar refractivity (Wildman–Crippen MR) is 101 cm³/mol. The van der Waals surface area contributed by atoms with E-state index in [0.29, 0.717) is 41.8 Å². The van der Waals surface area contributed by atoms with Crippen molar-refractivity contribution in [1.29, 1.82) is 0 Å². The lowest BCUT2D eigenvalue weighted by Crippen LogP contribution is -2.39. The van der Waals surface area contributed by atoms with Crippen LogP contribution in [0.3, 0.4) is 0 Å². The van der Waals surface area contributed by atoms with Gasteiger partial charge in [-0.3, -0.25) is 4.79 Å². The number of carbonyl (C=O) groups is 1. The van der Waals surface area contributed by atoms with Crippen LogP contribution < -0.4 is 4.74 Å². The fraction of sp³-hybridized carbons (Fsp3) is 0.350. The molecule has 4 rings (SSSR count). The van der Waals surface area contributed by atoms with Crippen molar-refractivity contribution in [3.63, 3.8) is 0 Å². The number of hydrogen-bond donors (Lipinski definition) is 0. The minimum absolute atomic E-state index is 0.000901. The molecule has 0 bridgehead atoms. The summed E-state index contributed by atoms with van der Waals surface area (Å²) >= 11 is 0. The maximum absolute atomic E-state index is 12.8. The second kappa shape index (κ2) is 7.75. The second-order valence-corrected chi connectivity index (χ2v) is 6.78. The third-order valence-electron chi connectivity index (χ3n) is 4.86. The van der Waals surface area contributed by atoms with Crippen LogP contribution in [0.5, 0.6) is 5.75 Å². The molecule has 1 aromatic carbocycles. The van der Waals surface area contributed by atoms with Crippen molar-refractivity contribution in [2.45, 2.75) is 25.7 Å². The Morgan fingerprint density at radius 3 is 2.64 bits per heavy atom. The summed E-state index contributed by atoms with van der Waals surface area (Å²) in [6.45, 7) is 3.09. The van der Waals surface area contributed by atoms with Crippen molar-refractivity contribution >= 4 is 5.91 Å². The Kier molecular flexibility index (Phi) is 5.01. The Morgan fingerprint density at radius 2 is 1.93 bits per heavy atom. The molecular formula is C20H21N5O3. The van der Waals surface area contributed by atoms with Gasteiger partial charge in [0.1, 0.15) is 11.6 Å². The van der Waals surface area contributed by atoms with Crippen LogP contribution in [-0.4, -0.2) is 51.2 Å². The average Bonchev–Trinajstić information content (AvgIpc) is 3.24. The van der Waals surface area contributed by atoms with Gasteiger partial charge in [-0.1, -0.05) is 0 Å². The third kappa shape index (κ3) is 3.71. The lowest BCUT2D eigenvalue weighted by Gasteiger charge is -2.31. The molecule has 3 aromatic rings. The van der Waals surface area contributed by atoms with E-state index in [1.165, 1.54) is 0 Å². The molecule has 1 fully saturated rings. The van der Waals surface area contributed by atoms with Crippen LogP contribution in [0.1, 0.15) is 40.8 Å². The van der Waals surface area contributed by atoms with Crippen LogP contribution in [-0.2, 0) is 0 Å². The van der Waals surface area contributed by atoms with Gasteiger partial charge in [0.05, 0.1) is 18.6 Å². The molecule has 0 radical (unpaired) electrons. The molecule has 2 aromatic heterocycles. The third-order valence-corrected chi connectivity index (χ3v) is 4.86. The van der Waals surface area contributed by atoms with Crippen LogP contribution in [0.25, 0.3) is 11.5 Å². The molecule has 3 heterocycles. The van der Waals surface area contributed by atoms with E-state index in [1.54, 1.807) is 43.8 Å². The number of amides is 1. The number of ether oxygens (including phenoxy) is 1. The van der Waals surface area contributed by atoms with Crippen molar-refractivity contribution in [2.75, 3.05) is 20.2 Å². The van der Waals surface area contributed by atoms with Crippen molar-refractivity contribution in [2.24, 2.45) is 0 Å². The van der Waals surface area contributed by atoms with Crippen LogP contribution in [0.2, 0.25) is 0 Å². The summed E-state index contributed by atoms with van der Waals surface area (Å²) in [6, 6.07) is 7.16. The molecule has 28 heavy (non-hydrogen) atoms. The molecule has 1 aliphatic rings. The molecular weight excluding hydrogens is 358 g/mol. The van der Waals surface area contributed by atoms with Gasteiger partial charge >= 0.3 is 0 Å². The molecule has 1 atom stereocenters. The van der Waals surface area contributed by atoms with Gasteiger partial charge in [0.25, 0.3) is 11.8 Å². The maximum atomic E-state index is 12.8. The zero-order valence-corrected chi connectivity index (χ0v) is 15.8. The van der Waals surface area contributed by atoms with Crippen molar-refractivity contribution in [3.05, 3.63) is 53.9 Å². The van der Waals surface area contributed by atoms with E-state index < -0.39 is 0 Å². The number of likely N-dealkylation sites (tertiary alicyclic amines) is 1. The number of aromatic nitrogens is 4. The van der Waals surface area contributed by atoms with E-state index >= 15 is 0 Å². The molecule has 0 spiro atoms. The predicted octanol–water partition coefficient (Wildman–Crippen LogP) is 2.86. The molecule has 8 nitrogen and oxygen atoms in total. The zero-order valence-electron chi connectivity index (χ0n) is 15.8. The number of benzene rings is 1. The zero-order chi connectivity index (χ0) is 19.5. The fourth-order valence-electron chi connectivity index (χ4n) is 3.30. The van der Waals surface area contributed by atoms with Gasteiger partial charge in [0.2, 0.25) is 5.89 Å². The summed E-state index contributed by atoms with van der Waals surface area (Å²) in [4.78, 5) is 23.0. The van der Waals surface area contributed by atoms with E-state index in [2.05, 4.69) is 20.2 Å². The highest BCUT2D eigenvalue weighted by atomic mass is 16.5. The van der Waals surface area contributed by atoms with Gasteiger partial charge in [-0.2, -0.15) is 0 Å². The number of carbonyl (C=O) groups excluding carboxylic acids is 1. The number of methoxy groups -OCH3 is 1. The summed E-state index contributed by atoms with van der Waals surface area (Å²) in [7, 11) is 1.60. The van der Waals surface area contributed by atoms with Gasteiger partial charge in [-0.25, -0.2) is 9.97 Å². The first-order valence-electron chi connectivity index (χ1n) is 9.20. The first-order valence-corrected chi connectivity index (χ1v) is 9.20. The Labute approximate surface area is 162 Å². The van der Waals surface area contributed by atoms with E-state index in [0.717, 1.165) is 18.6 Å². The molecule has 144 valence electrons. The van der Waals surface area contributed by atoms with E-state index in [-0.39, 0.29) is 11.8 Å². The minimum atomic E-state index is -0.000901. The van der Waals surface area contributed by atoms with Gasteiger partial charge in [-0.15, -0.1) is 10.2 Å². The molecule has 1 unspecified atom stereocenters. The number of hydrogen-bond acceptors (Lipinski definition) is 7. The van der Waals surface area contributed by atoms with Crippen molar-refractivity contribution in [1.82, 2.24) is 25.1 Å². The number of piperidine rings is 1. The van der Waals surface area contributed by atoms with Crippen LogP contribution in [0.15, 0.2) is 41.1 Å². The first kappa shape index (κ1) is 18.1. The summed E-state index contributed by atoms with van der Waals surface area (Å²) in [5.74, 6) is 2.37. The van der Waals surface area contributed by atoms with E-state index in [1.807, 2.05) is 11.8 Å². The fourth-order valence-corrected chi connectivity index (χ4v) is 3.30. The smallest absolute Gasteiger partial charge is 0.253 e. The largest absolute Gasteiger partial charge is 0.497 e. The van der Waals surface area contributed by atoms with Crippen LogP contribution >= 0.6 is 0 Å². The quantitative estimate of drug-likeness (QED) is 0.688. The first-order chi connectivity index (χ1) is 13.6. The van der Waals surface area contributed by atoms with Crippen molar-refractivity contribution in [3.8, 4) is 17.2 Å². The van der Waals surface area contributed by atoms with Gasteiger partial charge in [0, 0.05) is 31.0 Å². The monoisotopic (exact) mass is 379 g/mol. The van der Waals surface area contributed by atoms with E-state index in [9.17, 15) is 4.79 Å². The van der Waals surface area contributed by atoms with Crippen molar-refractivity contribution < 1.29 is 13.9 Å². The van der Waals surface area contributed by atoms with E-state index in [4.69, 9.17) is 9.15 Å². The molecule has 0 N–H and O–H groups in total. The average molecular weight is 379 g/mol. The maximum Gasteiger partial charge on any atom is 0.253 e. The number of aryl methyl sites for hydroxylation is 1. The highest BCUT2D eigenvalue weighted by Gasteiger charge is 2.29. The van der Waals surface area contributed by atoms with Gasteiger partial charge in [-0.05, 0) is 44.0 Å². The Balaban J connectivity index is 1.47. The lowest BCUT2D eigenvalue weighted by molar-refractivity contribution is 0.0698. The molecule has 0 aliphatic carbocycles. The molecule has 1 saturated heterocycles. The second-order valence-electron chi connectivity index (χ2n) is 6.78. The summed E-state index contributed by atoms with van der Waals surface area (Å²) in [5, 5.41) is 8.33.